The highest BCUT2D eigenvalue weighted by molar-refractivity contribution is 14.0. The Morgan fingerprint density at radius 3 is 2.50 bits per heavy atom. The van der Waals surface area contributed by atoms with Gasteiger partial charge < -0.3 is 24.4 Å². The maximum atomic E-state index is 12.9. The SMILES string of the molecule is CCNC(=NCCc1nc(C)no1)N1CCC(N(CC2CC2)C(=O)OC(C)(C)C)CC1.I. The molecular weight excluding hydrogens is 523 g/mol. The van der Waals surface area contributed by atoms with Gasteiger partial charge in [0.25, 0.3) is 0 Å². The summed E-state index contributed by atoms with van der Waals surface area (Å²) in [5.41, 5.74) is -0.471. The van der Waals surface area contributed by atoms with Crippen LogP contribution in [0.2, 0.25) is 0 Å². The van der Waals surface area contributed by atoms with E-state index in [1.165, 1.54) is 12.8 Å². The number of amides is 1. The average Bonchev–Trinajstić information content (AvgIpc) is 3.44. The summed E-state index contributed by atoms with van der Waals surface area (Å²) in [5, 5.41) is 7.21. The second kappa shape index (κ2) is 12.0. The number of nitrogens with one attached hydrogen (secondary N) is 1. The third-order valence-corrected chi connectivity index (χ3v) is 5.48. The van der Waals surface area contributed by atoms with Crippen LogP contribution in [0.5, 0.6) is 0 Å². The van der Waals surface area contributed by atoms with Gasteiger partial charge in [-0.3, -0.25) is 4.99 Å². The molecule has 0 unspecified atom stereocenters. The number of ether oxygens (including phenoxy) is 1. The lowest BCUT2D eigenvalue weighted by Gasteiger charge is -2.40. The van der Waals surface area contributed by atoms with E-state index in [-0.39, 0.29) is 36.1 Å². The van der Waals surface area contributed by atoms with Crippen molar-refractivity contribution >= 4 is 36.0 Å². The van der Waals surface area contributed by atoms with Crippen molar-refractivity contribution in [1.82, 2.24) is 25.3 Å². The molecule has 1 aromatic heterocycles. The second-order valence-corrected chi connectivity index (χ2v) is 9.52. The number of hydrogen-bond donors (Lipinski definition) is 1. The van der Waals surface area contributed by atoms with Crippen molar-refractivity contribution in [2.24, 2.45) is 10.9 Å². The van der Waals surface area contributed by atoms with Gasteiger partial charge in [-0.1, -0.05) is 5.16 Å². The third kappa shape index (κ3) is 8.40. The molecule has 32 heavy (non-hydrogen) atoms. The smallest absolute Gasteiger partial charge is 0.410 e. The summed E-state index contributed by atoms with van der Waals surface area (Å²) in [4.78, 5) is 26.1. The van der Waals surface area contributed by atoms with Gasteiger partial charge in [0.15, 0.2) is 11.8 Å². The molecule has 1 saturated carbocycles. The van der Waals surface area contributed by atoms with E-state index in [2.05, 4.69) is 27.3 Å². The Balaban J connectivity index is 0.00000363. The van der Waals surface area contributed by atoms with E-state index in [1.54, 1.807) is 0 Å². The molecule has 0 aromatic carbocycles. The second-order valence-electron chi connectivity index (χ2n) is 9.52. The molecule has 0 radical (unpaired) electrons. The van der Waals surface area contributed by atoms with Crippen LogP contribution in [0.25, 0.3) is 0 Å². The molecular formula is C22H39IN6O3. The summed E-state index contributed by atoms with van der Waals surface area (Å²) < 4.78 is 10.9. The Kier molecular flexibility index (Phi) is 10.0. The third-order valence-electron chi connectivity index (χ3n) is 5.48. The van der Waals surface area contributed by atoms with E-state index in [1.807, 2.05) is 32.6 Å². The van der Waals surface area contributed by atoms with Gasteiger partial charge in [-0.25, -0.2) is 4.79 Å². The fourth-order valence-corrected chi connectivity index (χ4v) is 3.79. The van der Waals surface area contributed by atoms with Crippen molar-refractivity contribution in [3.8, 4) is 0 Å². The number of guanidine groups is 1. The number of piperidine rings is 1. The topological polar surface area (TPSA) is 96.1 Å². The molecule has 2 aliphatic rings. The lowest BCUT2D eigenvalue weighted by Crippen LogP contribution is -2.52. The van der Waals surface area contributed by atoms with Crippen molar-refractivity contribution in [2.75, 3.05) is 32.7 Å². The summed E-state index contributed by atoms with van der Waals surface area (Å²) in [6.07, 6.45) is 4.72. The van der Waals surface area contributed by atoms with Gasteiger partial charge in [-0.2, -0.15) is 4.98 Å². The number of carbonyl (C=O) groups is 1. The molecule has 3 rings (SSSR count). The number of aliphatic imine (C=N–C) groups is 1. The Morgan fingerprint density at radius 1 is 1.28 bits per heavy atom. The Hall–Kier alpha value is -1.59. The molecule has 1 aliphatic heterocycles. The summed E-state index contributed by atoms with van der Waals surface area (Å²) in [7, 11) is 0. The highest BCUT2D eigenvalue weighted by Crippen LogP contribution is 2.32. The number of halogens is 1. The number of aromatic nitrogens is 2. The van der Waals surface area contributed by atoms with E-state index < -0.39 is 5.60 Å². The molecule has 1 aromatic rings. The van der Waals surface area contributed by atoms with Crippen LogP contribution in [0, 0.1) is 12.8 Å². The molecule has 2 heterocycles. The van der Waals surface area contributed by atoms with E-state index >= 15 is 0 Å². The molecule has 182 valence electrons. The minimum absolute atomic E-state index is 0. The largest absolute Gasteiger partial charge is 0.444 e. The Bertz CT molecular complexity index is 751. The van der Waals surface area contributed by atoms with Crippen LogP contribution < -0.4 is 5.32 Å². The van der Waals surface area contributed by atoms with Crippen LogP contribution in [0.15, 0.2) is 9.52 Å². The molecule has 0 spiro atoms. The zero-order valence-electron chi connectivity index (χ0n) is 20.1. The summed E-state index contributed by atoms with van der Waals surface area (Å²) in [6.45, 7) is 13.6. The first-order chi connectivity index (χ1) is 14.7. The molecule has 2 fully saturated rings. The van der Waals surface area contributed by atoms with E-state index in [0.717, 1.165) is 45.0 Å². The zero-order chi connectivity index (χ0) is 22.4. The number of likely N-dealkylation sites (tertiary alicyclic amines) is 1. The van der Waals surface area contributed by atoms with Gasteiger partial charge >= 0.3 is 6.09 Å². The number of rotatable bonds is 7. The minimum Gasteiger partial charge on any atom is -0.444 e. The zero-order valence-corrected chi connectivity index (χ0v) is 22.4. The van der Waals surface area contributed by atoms with Gasteiger partial charge in [0.1, 0.15) is 5.60 Å². The lowest BCUT2D eigenvalue weighted by atomic mass is 10.0. The molecule has 1 N–H and O–H groups in total. The summed E-state index contributed by atoms with van der Waals surface area (Å²) in [6, 6.07) is 0.218. The number of carbonyl (C=O) groups excluding carboxylic acids is 1. The van der Waals surface area contributed by atoms with Crippen molar-refractivity contribution in [3.05, 3.63) is 11.7 Å². The van der Waals surface area contributed by atoms with Gasteiger partial charge in [-0.05, 0) is 66.2 Å². The highest BCUT2D eigenvalue weighted by atomic mass is 127. The lowest BCUT2D eigenvalue weighted by molar-refractivity contribution is 0.00928. The van der Waals surface area contributed by atoms with Crippen molar-refractivity contribution < 1.29 is 14.1 Å². The molecule has 0 atom stereocenters. The first-order valence-electron chi connectivity index (χ1n) is 11.6. The van der Waals surface area contributed by atoms with E-state index in [9.17, 15) is 4.79 Å². The fourth-order valence-electron chi connectivity index (χ4n) is 3.79. The molecule has 1 amide bonds. The van der Waals surface area contributed by atoms with Gasteiger partial charge in [-0.15, -0.1) is 24.0 Å². The predicted molar refractivity (Wildman–Crippen MR) is 134 cm³/mol. The maximum absolute atomic E-state index is 12.9. The molecule has 1 saturated heterocycles. The quantitative estimate of drug-likeness (QED) is 0.308. The minimum atomic E-state index is -0.471. The predicted octanol–water partition coefficient (Wildman–Crippen LogP) is 3.62. The summed E-state index contributed by atoms with van der Waals surface area (Å²) >= 11 is 0. The van der Waals surface area contributed by atoms with Crippen LogP contribution in [0.4, 0.5) is 4.79 Å². The molecule has 1 aliphatic carbocycles. The molecule has 10 heteroatoms. The van der Waals surface area contributed by atoms with Crippen LogP contribution in [0.3, 0.4) is 0 Å². The molecule has 9 nitrogen and oxygen atoms in total. The monoisotopic (exact) mass is 562 g/mol. The first kappa shape index (κ1) is 26.7. The van der Waals surface area contributed by atoms with Gasteiger partial charge in [0.05, 0.1) is 6.54 Å². The number of nitrogens with zero attached hydrogens (tertiary/aromatic N) is 5. The van der Waals surface area contributed by atoms with Crippen LogP contribution in [0.1, 0.15) is 65.1 Å². The normalized spacial score (nSPS) is 17.7. The number of aryl methyl sites for hydroxylation is 1. The van der Waals surface area contributed by atoms with Crippen LogP contribution in [-0.4, -0.2) is 76.4 Å². The Labute approximate surface area is 208 Å². The summed E-state index contributed by atoms with van der Waals surface area (Å²) in [5.74, 6) is 2.80. The van der Waals surface area contributed by atoms with E-state index in [4.69, 9.17) is 14.3 Å². The Morgan fingerprint density at radius 2 is 1.97 bits per heavy atom. The number of hydrogen-bond acceptors (Lipinski definition) is 6. The van der Waals surface area contributed by atoms with Crippen molar-refractivity contribution in [2.45, 2.75) is 78.4 Å². The van der Waals surface area contributed by atoms with Crippen molar-refractivity contribution in [3.63, 3.8) is 0 Å². The molecule has 0 bridgehead atoms. The van der Waals surface area contributed by atoms with Gasteiger partial charge in [0.2, 0.25) is 5.89 Å². The standard InChI is InChI=1S/C22H38N6O3.HI/c1-6-23-20(24-12-9-19-25-16(2)26-31-19)27-13-10-18(11-14-27)28(15-17-7-8-17)21(29)30-22(3,4)5;/h17-18H,6-15H2,1-5H3,(H,23,24);1H. The maximum Gasteiger partial charge on any atom is 0.410 e. The highest BCUT2D eigenvalue weighted by Gasteiger charge is 2.35. The average molecular weight is 562 g/mol. The van der Waals surface area contributed by atoms with Crippen LogP contribution in [-0.2, 0) is 11.2 Å². The first-order valence-corrected chi connectivity index (χ1v) is 11.6. The fraction of sp³-hybridized carbons (Fsp3) is 0.818. The van der Waals surface area contributed by atoms with E-state index in [0.29, 0.717) is 30.6 Å². The van der Waals surface area contributed by atoms with Crippen LogP contribution >= 0.6 is 24.0 Å². The van der Waals surface area contributed by atoms with Crippen molar-refractivity contribution in [1.29, 1.82) is 0 Å². The van der Waals surface area contributed by atoms with Gasteiger partial charge in [0, 0.05) is 38.6 Å².